The van der Waals surface area contributed by atoms with E-state index in [4.69, 9.17) is 4.74 Å². The summed E-state index contributed by atoms with van der Waals surface area (Å²) in [6.07, 6.45) is -0.554. The molecule has 1 aliphatic rings. The maximum Gasteiger partial charge on any atom is 0.339 e. The van der Waals surface area contributed by atoms with Crippen LogP contribution in [0.5, 0.6) is 0 Å². The smallest absolute Gasteiger partial charge is 0.339 e. The predicted molar refractivity (Wildman–Crippen MR) is 85.8 cm³/mol. The van der Waals surface area contributed by atoms with Gasteiger partial charge in [-0.2, -0.15) is 0 Å². The number of esters is 2. The Hall–Kier alpha value is -3.15. The van der Waals surface area contributed by atoms with Crippen LogP contribution in [0, 0.1) is 0 Å². The second-order valence-corrected chi connectivity index (χ2v) is 5.31. The molecule has 0 fully saturated rings. The topological polar surface area (TPSA) is 81.7 Å². The van der Waals surface area contributed by atoms with Gasteiger partial charge in [-0.3, -0.25) is 4.79 Å². The third-order valence-corrected chi connectivity index (χ3v) is 3.76. The summed E-state index contributed by atoms with van der Waals surface area (Å²) in [4.78, 5) is 35.6. The van der Waals surface area contributed by atoms with Crippen molar-refractivity contribution in [3.05, 3.63) is 65.2 Å². The fourth-order valence-electron chi connectivity index (χ4n) is 2.51. The molecule has 0 unspecified atom stereocenters. The van der Waals surface area contributed by atoms with Crippen molar-refractivity contribution in [1.29, 1.82) is 0 Å². The molecule has 0 saturated heterocycles. The Bertz CT molecular complexity index is 797. The van der Waals surface area contributed by atoms with Crippen molar-refractivity contribution in [3.8, 4) is 0 Å². The zero-order valence-corrected chi connectivity index (χ0v) is 12.9. The summed E-state index contributed by atoms with van der Waals surface area (Å²) < 4.78 is 9.81. The molecular formula is C18H15NO5. The Labute approximate surface area is 138 Å². The molecule has 0 aliphatic carbocycles. The lowest BCUT2D eigenvalue weighted by Crippen LogP contribution is -2.37. The zero-order chi connectivity index (χ0) is 17.1. The maximum absolute atomic E-state index is 12.3. The van der Waals surface area contributed by atoms with Crippen molar-refractivity contribution in [1.82, 2.24) is 0 Å². The van der Waals surface area contributed by atoms with E-state index in [2.05, 4.69) is 10.1 Å². The standard InChI is InChI=1S/C18H15NO5/c1-23-17(21)11-6-8-13(9-7-11)19-16(20)15-10-12-4-2-3-5-14(12)18(22)24-15/h2-9,15H,10H2,1H3,(H,19,20)/t15-/m1/s1. The van der Waals surface area contributed by atoms with Crippen LogP contribution in [-0.4, -0.2) is 31.1 Å². The number of carbonyl (C=O) groups is 3. The predicted octanol–water partition coefficient (Wildman–Crippen LogP) is 2.19. The number of hydrogen-bond donors (Lipinski definition) is 1. The van der Waals surface area contributed by atoms with Gasteiger partial charge in [-0.25, -0.2) is 9.59 Å². The van der Waals surface area contributed by atoms with Gasteiger partial charge in [-0.1, -0.05) is 18.2 Å². The molecular weight excluding hydrogens is 310 g/mol. The van der Waals surface area contributed by atoms with E-state index >= 15 is 0 Å². The quantitative estimate of drug-likeness (QED) is 0.875. The van der Waals surface area contributed by atoms with Crippen molar-refractivity contribution in [2.45, 2.75) is 12.5 Å². The molecule has 1 amide bonds. The van der Waals surface area contributed by atoms with Crippen LogP contribution in [0.25, 0.3) is 0 Å². The van der Waals surface area contributed by atoms with Gasteiger partial charge in [-0.05, 0) is 35.9 Å². The Morgan fingerprint density at radius 2 is 1.83 bits per heavy atom. The molecule has 2 aromatic carbocycles. The molecule has 0 spiro atoms. The van der Waals surface area contributed by atoms with Gasteiger partial charge in [0.1, 0.15) is 0 Å². The molecule has 2 aromatic rings. The average Bonchev–Trinajstić information content (AvgIpc) is 2.61. The van der Waals surface area contributed by atoms with Gasteiger partial charge in [-0.15, -0.1) is 0 Å². The van der Waals surface area contributed by atoms with E-state index in [1.807, 2.05) is 6.07 Å². The molecule has 1 heterocycles. The molecule has 1 atom stereocenters. The van der Waals surface area contributed by atoms with E-state index in [-0.39, 0.29) is 0 Å². The number of carbonyl (C=O) groups excluding carboxylic acids is 3. The largest absolute Gasteiger partial charge is 0.465 e. The summed E-state index contributed by atoms with van der Waals surface area (Å²) in [5, 5.41) is 2.68. The molecule has 0 aromatic heterocycles. The molecule has 0 radical (unpaired) electrons. The van der Waals surface area contributed by atoms with Crippen LogP contribution < -0.4 is 5.32 Å². The van der Waals surface area contributed by atoms with Crippen LogP contribution in [0.1, 0.15) is 26.3 Å². The van der Waals surface area contributed by atoms with E-state index in [9.17, 15) is 14.4 Å². The SMILES string of the molecule is COC(=O)c1ccc(NC(=O)[C@H]2Cc3ccccc3C(=O)O2)cc1. The van der Waals surface area contributed by atoms with E-state index in [1.165, 1.54) is 7.11 Å². The van der Waals surface area contributed by atoms with Crippen LogP contribution in [-0.2, 0) is 20.7 Å². The molecule has 6 heteroatoms. The normalized spacial score (nSPS) is 15.9. The van der Waals surface area contributed by atoms with Crippen LogP contribution in [0.2, 0.25) is 0 Å². The fraction of sp³-hybridized carbons (Fsp3) is 0.167. The van der Waals surface area contributed by atoms with Gasteiger partial charge in [0, 0.05) is 12.1 Å². The third-order valence-electron chi connectivity index (χ3n) is 3.76. The first-order valence-electron chi connectivity index (χ1n) is 7.36. The van der Waals surface area contributed by atoms with Gasteiger partial charge >= 0.3 is 11.9 Å². The Morgan fingerprint density at radius 1 is 1.12 bits per heavy atom. The molecule has 6 nitrogen and oxygen atoms in total. The summed E-state index contributed by atoms with van der Waals surface area (Å²) >= 11 is 0. The van der Waals surface area contributed by atoms with E-state index in [0.717, 1.165) is 5.56 Å². The van der Waals surface area contributed by atoms with E-state index < -0.39 is 23.9 Å². The molecule has 0 bridgehead atoms. The molecule has 1 N–H and O–H groups in total. The summed E-state index contributed by atoms with van der Waals surface area (Å²) in [5.74, 6) is -1.37. The third kappa shape index (κ3) is 3.12. The molecule has 0 saturated carbocycles. The number of fused-ring (bicyclic) bond motifs is 1. The lowest BCUT2D eigenvalue weighted by Gasteiger charge is -2.23. The number of anilines is 1. The fourth-order valence-corrected chi connectivity index (χ4v) is 2.51. The zero-order valence-electron chi connectivity index (χ0n) is 12.9. The van der Waals surface area contributed by atoms with E-state index in [0.29, 0.717) is 23.2 Å². The van der Waals surface area contributed by atoms with Crippen molar-refractivity contribution >= 4 is 23.5 Å². The van der Waals surface area contributed by atoms with Crippen LogP contribution in [0.3, 0.4) is 0 Å². The highest BCUT2D eigenvalue weighted by molar-refractivity contribution is 6.00. The molecule has 24 heavy (non-hydrogen) atoms. The summed E-state index contributed by atoms with van der Waals surface area (Å²) in [6.45, 7) is 0. The summed E-state index contributed by atoms with van der Waals surface area (Å²) in [6, 6.07) is 13.3. The van der Waals surface area contributed by atoms with Crippen molar-refractivity contribution in [2.75, 3.05) is 12.4 Å². The van der Waals surface area contributed by atoms with Crippen molar-refractivity contribution in [2.24, 2.45) is 0 Å². The van der Waals surface area contributed by atoms with Crippen LogP contribution in [0.4, 0.5) is 5.69 Å². The minimum absolute atomic E-state index is 0.327. The number of amides is 1. The van der Waals surface area contributed by atoms with Crippen LogP contribution >= 0.6 is 0 Å². The number of ether oxygens (including phenoxy) is 2. The number of methoxy groups -OCH3 is 1. The number of nitrogens with one attached hydrogen (secondary N) is 1. The Balaban J connectivity index is 1.70. The summed E-state index contributed by atoms with van der Waals surface area (Å²) in [5.41, 5.74) is 2.16. The Morgan fingerprint density at radius 3 is 2.54 bits per heavy atom. The van der Waals surface area contributed by atoms with Gasteiger partial charge in [0.15, 0.2) is 6.10 Å². The molecule has 1 aliphatic heterocycles. The minimum atomic E-state index is -0.882. The highest BCUT2D eigenvalue weighted by Crippen LogP contribution is 2.21. The minimum Gasteiger partial charge on any atom is -0.465 e. The first kappa shape index (κ1) is 15.7. The van der Waals surface area contributed by atoms with Crippen molar-refractivity contribution < 1.29 is 23.9 Å². The highest BCUT2D eigenvalue weighted by Gasteiger charge is 2.31. The van der Waals surface area contributed by atoms with Gasteiger partial charge in [0.25, 0.3) is 5.91 Å². The number of cyclic esters (lactones) is 1. The Kier molecular flexibility index (Phi) is 4.29. The average molecular weight is 325 g/mol. The number of rotatable bonds is 3. The highest BCUT2D eigenvalue weighted by atomic mass is 16.5. The number of hydrogen-bond acceptors (Lipinski definition) is 5. The molecule has 3 rings (SSSR count). The first-order chi connectivity index (χ1) is 11.6. The first-order valence-corrected chi connectivity index (χ1v) is 7.36. The lowest BCUT2D eigenvalue weighted by atomic mass is 9.98. The maximum atomic E-state index is 12.3. The number of benzene rings is 2. The van der Waals surface area contributed by atoms with Crippen LogP contribution in [0.15, 0.2) is 48.5 Å². The lowest BCUT2D eigenvalue weighted by molar-refractivity contribution is -0.125. The second-order valence-electron chi connectivity index (χ2n) is 5.31. The van der Waals surface area contributed by atoms with Gasteiger partial charge < -0.3 is 14.8 Å². The van der Waals surface area contributed by atoms with Gasteiger partial charge in [0.2, 0.25) is 0 Å². The van der Waals surface area contributed by atoms with Gasteiger partial charge in [0.05, 0.1) is 18.2 Å². The van der Waals surface area contributed by atoms with E-state index in [1.54, 1.807) is 42.5 Å². The second kappa shape index (κ2) is 6.54. The monoisotopic (exact) mass is 325 g/mol. The molecule has 122 valence electrons. The van der Waals surface area contributed by atoms with Crippen molar-refractivity contribution in [3.63, 3.8) is 0 Å². The summed E-state index contributed by atoms with van der Waals surface area (Å²) in [7, 11) is 1.30.